The van der Waals surface area contributed by atoms with Gasteiger partial charge in [-0.2, -0.15) is 0 Å². The van der Waals surface area contributed by atoms with Crippen molar-refractivity contribution in [3.63, 3.8) is 0 Å². The molecule has 3 aromatic carbocycles. The highest BCUT2D eigenvalue weighted by Crippen LogP contribution is 2.22. The fourth-order valence-corrected chi connectivity index (χ4v) is 3.90. The number of imide groups is 2. The Morgan fingerprint density at radius 2 is 1.08 bits per heavy atom. The number of halogens is 1. The second-order valence-corrected chi connectivity index (χ2v) is 7.88. The van der Waals surface area contributed by atoms with Crippen LogP contribution >= 0.6 is 0 Å². The van der Waals surface area contributed by atoms with Crippen LogP contribution in [0.5, 0.6) is 0 Å². The van der Waals surface area contributed by atoms with E-state index in [2.05, 4.69) is 0 Å². The van der Waals surface area contributed by atoms with Crippen LogP contribution in [0.2, 0.25) is 0 Å². The first kappa shape index (κ1) is 25.9. The summed E-state index contributed by atoms with van der Waals surface area (Å²) in [6.45, 7) is 0.946. The van der Waals surface area contributed by atoms with Crippen LogP contribution in [0, 0.1) is 0 Å². The van der Waals surface area contributed by atoms with Crippen LogP contribution in [-0.2, 0) is 11.3 Å². The van der Waals surface area contributed by atoms with Gasteiger partial charge in [0.05, 0.1) is 63.7 Å². The molecule has 9 heteroatoms. The summed E-state index contributed by atoms with van der Waals surface area (Å²) in [4.78, 5) is 49.7. The normalized spacial score (nSPS) is 13.8. The summed E-state index contributed by atoms with van der Waals surface area (Å²) in [7, 11) is -1.00. The molecular weight excluding hydrogens is 479 g/mol. The van der Waals surface area contributed by atoms with E-state index < -0.39 is 7.15 Å². The van der Waals surface area contributed by atoms with Crippen molar-refractivity contribution in [1.29, 1.82) is 0 Å². The molecule has 2 heterocycles. The smallest absolute Gasteiger partial charge is 0.261 e. The number of nitrogens with zero attached hydrogens (tertiary/aromatic N) is 2. The van der Waals surface area contributed by atoms with Crippen molar-refractivity contribution in [3.8, 4) is 0 Å². The van der Waals surface area contributed by atoms with Crippen LogP contribution in [0.4, 0.5) is 4.39 Å². The highest BCUT2D eigenvalue weighted by Gasteiger charge is 2.35. The standard InChI is InChI=1S/C17H15NO3.C10H9NO3.CH3F/c19-16-14-8-4-5-9-15(14)17(20)18(16)10-11-21-12-13-6-2-1-3-7-13;12-6-5-11-9(13)7-3-1-2-4-8(7)10(11)14;1-2/h1-9H,10-12H2;1-4,12H,5-6H2;1H3/i;;1D. The summed E-state index contributed by atoms with van der Waals surface area (Å²) in [5.74, 6) is -1.11. The van der Waals surface area contributed by atoms with Crippen LogP contribution in [0.3, 0.4) is 0 Å². The van der Waals surface area contributed by atoms with E-state index in [0.29, 0.717) is 35.5 Å². The molecule has 0 saturated heterocycles. The van der Waals surface area contributed by atoms with Gasteiger partial charge in [0.25, 0.3) is 23.6 Å². The Morgan fingerprint density at radius 3 is 1.49 bits per heavy atom. The van der Waals surface area contributed by atoms with Gasteiger partial charge >= 0.3 is 0 Å². The summed E-state index contributed by atoms with van der Waals surface area (Å²) in [5, 5.41) is 8.70. The zero-order chi connectivity index (χ0) is 27.5. The van der Waals surface area contributed by atoms with Crippen molar-refractivity contribution in [2.45, 2.75) is 6.61 Å². The van der Waals surface area contributed by atoms with E-state index in [-0.39, 0.29) is 43.3 Å². The average Bonchev–Trinajstić information content (AvgIpc) is 3.33. The summed E-state index contributed by atoms with van der Waals surface area (Å²) >= 11 is 0. The molecule has 5 rings (SSSR count). The number of carbonyl (C=O) groups excluding carboxylic acids is 4. The quantitative estimate of drug-likeness (QED) is 0.389. The fourth-order valence-electron chi connectivity index (χ4n) is 3.90. The molecular formula is C28H27FN2O6. The Hall–Kier alpha value is -4.21. The van der Waals surface area contributed by atoms with Crippen LogP contribution < -0.4 is 0 Å². The van der Waals surface area contributed by atoms with Gasteiger partial charge < -0.3 is 9.84 Å². The Balaban J connectivity index is 0.000000204. The molecule has 0 atom stereocenters. The monoisotopic (exact) mass is 507 g/mol. The minimum atomic E-state index is -1.00. The van der Waals surface area contributed by atoms with Gasteiger partial charge in [0.2, 0.25) is 0 Å². The van der Waals surface area contributed by atoms with E-state index in [0.717, 1.165) is 10.5 Å². The van der Waals surface area contributed by atoms with Gasteiger partial charge in [0.1, 0.15) is 0 Å². The number of carbonyl (C=O) groups is 4. The molecule has 192 valence electrons. The molecule has 0 bridgehead atoms. The number of amides is 4. The number of aliphatic hydroxyl groups excluding tert-OH is 1. The average molecular weight is 508 g/mol. The van der Waals surface area contributed by atoms with Gasteiger partial charge in [-0.05, 0) is 29.8 Å². The van der Waals surface area contributed by atoms with Gasteiger partial charge in [0, 0.05) is 0 Å². The highest BCUT2D eigenvalue weighted by molar-refractivity contribution is 6.22. The molecule has 2 aliphatic heterocycles. The number of rotatable bonds is 7. The largest absolute Gasteiger partial charge is 0.395 e. The van der Waals surface area contributed by atoms with Crippen molar-refractivity contribution < 1.29 is 34.8 Å². The van der Waals surface area contributed by atoms with E-state index in [1.807, 2.05) is 30.3 Å². The number of ether oxygens (including phenoxy) is 1. The third kappa shape index (κ3) is 6.14. The first-order valence-electron chi connectivity index (χ1n) is 12.1. The SMILES string of the molecule is O=C1c2ccccc2C(=O)N1CCO.O=C1c2ccccc2C(=O)N1CCOCc1ccccc1.[2H]CF. The highest BCUT2D eigenvalue weighted by atomic mass is 19.1. The maximum absolute atomic E-state index is 12.1. The molecule has 37 heavy (non-hydrogen) atoms. The van der Waals surface area contributed by atoms with Gasteiger partial charge in [-0.25, -0.2) is 0 Å². The molecule has 0 aliphatic carbocycles. The predicted octanol–water partition coefficient (Wildman–Crippen LogP) is 3.36. The molecule has 0 aromatic heterocycles. The molecule has 0 saturated carbocycles. The van der Waals surface area contributed by atoms with Crippen molar-refractivity contribution >= 4 is 23.6 Å². The van der Waals surface area contributed by atoms with Crippen LogP contribution in [0.1, 0.15) is 48.4 Å². The second-order valence-electron chi connectivity index (χ2n) is 7.88. The molecule has 0 spiro atoms. The minimum Gasteiger partial charge on any atom is -0.395 e. The van der Waals surface area contributed by atoms with Crippen molar-refractivity contribution in [3.05, 3.63) is 107 Å². The van der Waals surface area contributed by atoms with Gasteiger partial charge in [0.15, 0.2) is 0 Å². The summed E-state index contributed by atoms with van der Waals surface area (Å²) in [6.07, 6.45) is 0. The molecule has 3 aromatic rings. The van der Waals surface area contributed by atoms with Crippen molar-refractivity contribution in [2.75, 3.05) is 33.5 Å². The topological polar surface area (TPSA) is 104 Å². The number of aliphatic hydroxyl groups is 1. The maximum Gasteiger partial charge on any atom is 0.261 e. The molecule has 2 aliphatic rings. The number of fused-ring (bicyclic) bond motifs is 2. The van der Waals surface area contributed by atoms with E-state index >= 15 is 0 Å². The Kier molecular flexibility index (Phi) is 9.23. The molecule has 0 radical (unpaired) electrons. The number of hydrogen-bond donors (Lipinski definition) is 1. The number of β-amino-alcohol motifs (C(OH)–C–C–N with tert-alkyl or cyclic N) is 1. The lowest BCUT2D eigenvalue weighted by atomic mass is 10.1. The lowest BCUT2D eigenvalue weighted by Gasteiger charge is -2.13. The van der Waals surface area contributed by atoms with Crippen molar-refractivity contribution in [1.82, 2.24) is 9.80 Å². The molecule has 0 fully saturated rings. The van der Waals surface area contributed by atoms with E-state index in [4.69, 9.17) is 11.2 Å². The summed E-state index contributed by atoms with van der Waals surface area (Å²) in [6, 6.07) is 23.3. The van der Waals surface area contributed by atoms with Crippen LogP contribution in [0.25, 0.3) is 0 Å². The van der Waals surface area contributed by atoms with Gasteiger partial charge in [-0.15, -0.1) is 0 Å². The Bertz CT molecular complexity index is 1220. The third-order valence-electron chi connectivity index (χ3n) is 5.65. The van der Waals surface area contributed by atoms with Gasteiger partial charge in [-0.3, -0.25) is 33.4 Å². The maximum atomic E-state index is 12.1. The first-order valence-corrected chi connectivity index (χ1v) is 11.4. The lowest BCUT2D eigenvalue weighted by Crippen LogP contribution is -2.33. The Labute approximate surface area is 215 Å². The number of hydrogen-bond acceptors (Lipinski definition) is 6. The third-order valence-corrected chi connectivity index (χ3v) is 5.65. The number of alkyl halides is 1. The predicted molar refractivity (Wildman–Crippen MR) is 134 cm³/mol. The molecule has 8 nitrogen and oxygen atoms in total. The van der Waals surface area contributed by atoms with Crippen LogP contribution in [0.15, 0.2) is 78.9 Å². The molecule has 0 unspecified atom stereocenters. The number of benzene rings is 3. The summed E-state index contributed by atoms with van der Waals surface area (Å²) < 4.78 is 21.0. The van der Waals surface area contributed by atoms with E-state index in [1.54, 1.807) is 48.5 Å². The Morgan fingerprint density at radius 1 is 0.703 bits per heavy atom. The zero-order valence-corrected chi connectivity index (χ0v) is 20.0. The second kappa shape index (κ2) is 13.2. The summed E-state index contributed by atoms with van der Waals surface area (Å²) in [5.41, 5.74) is 2.87. The van der Waals surface area contributed by atoms with E-state index in [1.165, 1.54) is 4.90 Å². The zero-order valence-electron chi connectivity index (χ0n) is 21.0. The first-order chi connectivity index (χ1) is 18.4. The van der Waals surface area contributed by atoms with E-state index in [9.17, 15) is 23.6 Å². The fraction of sp³-hybridized carbons (Fsp3) is 0.214. The van der Waals surface area contributed by atoms with Crippen LogP contribution in [-0.4, -0.2) is 72.0 Å². The lowest BCUT2D eigenvalue weighted by molar-refractivity contribution is 0.0543. The molecule has 4 amide bonds. The minimum absolute atomic E-state index is 0.0619. The van der Waals surface area contributed by atoms with Gasteiger partial charge in [-0.1, -0.05) is 54.6 Å². The van der Waals surface area contributed by atoms with Crippen molar-refractivity contribution in [2.24, 2.45) is 0 Å². The molecule has 1 N–H and O–H groups in total.